The molecular weight excluding hydrogens is 528 g/mol. The lowest BCUT2D eigenvalue weighted by Gasteiger charge is -2.09. The summed E-state index contributed by atoms with van der Waals surface area (Å²) in [6.45, 7) is 6.18. The summed E-state index contributed by atoms with van der Waals surface area (Å²) in [6.07, 6.45) is 20.4. The molecule has 42 heavy (non-hydrogen) atoms. The molecule has 0 bridgehead atoms. The Bertz CT molecular complexity index is 954. The quantitative estimate of drug-likeness (QED) is 0.0659. The van der Waals surface area contributed by atoms with Crippen molar-refractivity contribution in [2.24, 2.45) is 0 Å². The summed E-state index contributed by atoms with van der Waals surface area (Å²) >= 11 is 0. The minimum absolute atomic E-state index is 0.202. The molecule has 0 saturated carbocycles. The molecule has 6 nitrogen and oxygen atoms in total. The first kappa shape index (κ1) is 35.3. The van der Waals surface area contributed by atoms with Crippen molar-refractivity contribution in [3.8, 4) is 17.2 Å². The number of esters is 2. The fourth-order valence-corrected chi connectivity index (χ4v) is 4.63. The van der Waals surface area contributed by atoms with Crippen molar-refractivity contribution >= 4 is 11.9 Å². The van der Waals surface area contributed by atoms with Crippen LogP contribution in [0.4, 0.5) is 0 Å². The summed E-state index contributed by atoms with van der Waals surface area (Å²) in [5.74, 6) is 0.725. The van der Waals surface area contributed by atoms with Crippen molar-refractivity contribution in [1.82, 2.24) is 0 Å². The van der Waals surface area contributed by atoms with Gasteiger partial charge in [0.25, 0.3) is 0 Å². The average molecular weight is 583 g/mol. The van der Waals surface area contributed by atoms with Gasteiger partial charge in [-0.1, -0.05) is 104 Å². The second kappa shape index (κ2) is 23.7. The van der Waals surface area contributed by atoms with Gasteiger partial charge in [0.2, 0.25) is 0 Å². The molecule has 0 heterocycles. The lowest BCUT2D eigenvalue weighted by atomic mass is 10.1. The highest BCUT2D eigenvalue weighted by atomic mass is 16.5. The molecule has 0 atom stereocenters. The van der Waals surface area contributed by atoms with E-state index in [4.69, 9.17) is 18.9 Å². The predicted molar refractivity (Wildman–Crippen MR) is 170 cm³/mol. The Morgan fingerprint density at radius 1 is 0.500 bits per heavy atom. The van der Waals surface area contributed by atoms with Crippen LogP contribution >= 0.6 is 0 Å². The van der Waals surface area contributed by atoms with Gasteiger partial charge in [-0.3, -0.25) is 4.79 Å². The molecule has 0 amide bonds. The van der Waals surface area contributed by atoms with Crippen LogP contribution in [0.2, 0.25) is 0 Å². The van der Waals surface area contributed by atoms with Gasteiger partial charge >= 0.3 is 11.9 Å². The van der Waals surface area contributed by atoms with Crippen LogP contribution in [0.1, 0.15) is 133 Å². The molecule has 0 spiro atoms. The third-order valence-corrected chi connectivity index (χ3v) is 7.22. The van der Waals surface area contributed by atoms with Crippen LogP contribution in [0.15, 0.2) is 48.5 Å². The number of rotatable bonds is 25. The summed E-state index contributed by atoms with van der Waals surface area (Å²) in [6, 6.07) is 13.4. The Morgan fingerprint density at radius 2 is 0.952 bits per heavy atom. The number of hydrogen-bond acceptors (Lipinski definition) is 6. The molecule has 6 heteroatoms. The zero-order chi connectivity index (χ0) is 30.1. The second-order valence-electron chi connectivity index (χ2n) is 11.0. The number of unbranched alkanes of at least 4 members (excludes halogenated alkanes) is 14. The Morgan fingerprint density at radius 3 is 1.50 bits per heavy atom. The number of ether oxygens (including phenoxy) is 4. The maximum absolute atomic E-state index is 12.5. The topological polar surface area (TPSA) is 71.1 Å². The minimum Gasteiger partial charge on any atom is -0.494 e. The van der Waals surface area contributed by atoms with Crippen LogP contribution in [0.5, 0.6) is 17.2 Å². The maximum Gasteiger partial charge on any atom is 0.343 e. The molecule has 0 aromatic heterocycles. The highest BCUT2D eigenvalue weighted by molar-refractivity contribution is 5.91. The fourth-order valence-electron chi connectivity index (χ4n) is 4.63. The van der Waals surface area contributed by atoms with Crippen molar-refractivity contribution in [2.75, 3.05) is 19.8 Å². The molecule has 2 aromatic rings. The van der Waals surface area contributed by atoms with Gasteiger partial charge in [-0.25, -0.2) is 4.79 Å². The third-order valence-electron chi connectivity index (χ3n) is 7.22. The second-order valence-corrected chi connectivity index (χ2v) is 11.0. The van der Waals surface area contributed by atoms with Crippen LogP contribution in [-0.2, 0) is 9.53 Å². The Kier molecular flexibility index (Phi) is 19.9. The summed E-state index contributed by atoms with van der Waals surface area (Å²) in [5, 5.41) is 0. The molecule has 0 fully saturated rings. The van der Waals surface area contributed by atoms with Crippen LogP contribution in [0, 0.1) is 0 Å². The van der Waals surface area contributed by atoms with Gasteiger partial charge in [-0.15, -0.1) is 0 Å². The SMILES string of the molecule is CCCCCCCCCCCCOCCC(=O)Oc1ccc(OC(=O)c2ccc(OCCCCCCCC)cc2)cc1. The molecule has 0 radical (unpaired) electrons. The Labute approximate surface area is 254 Å². The Hall–Kier alpha value is -2.86. The van der Waals surface area contributed by atoms with Gasteiger partial charge in [0, 0.05) is 6.61 Å². The van der Waals surface area contributed by atoms with E-state index in [2.05, 4.69) is 13.8 Å². The normalized spacial score (nSPS) is 10.9. The lowest BCUT2D eigenvalue weighted by Crippen LogP contribution is -2.12. The zero-order valence-corrected chi connectivity index (χ0v) is 26.2. The van der Waals surface area contributed by atoms with Crippen molar-refractivity contribution in [2.45, 2.75) is 123 Å². The number of benzene rings is 2. The Balaban J connectivity index is 1.54. The van der Waals surface area contributed by atoms with Crippen LogP contribution in [0.3, 0.4) is 0 Å². The van der Waals surface area contributed by atoms with Gasteiger partial charge in [0.05, 0.1) is 25.2 Å². The molecular formula is C36H54O6. The number of hydrogen-bond donors (Lipinski definition) is 0. The van der Waals surface area contributed by atoms with E-state index in [1.54, 1.807) is 48.5 Å². The zero-order valence-electron chi connectivity index (χ0n) is 26.2. The van der Waals surface area contributed by atoms with Crippen LogP contribution < -0.4 is 14.2 Å². The molecule has 0 aliphatic heterocycles. The average Bonchev–Trinajstić information content (AvgIpc) is 3.00. The first-order valence-electron chi connectivity index (χ1n) is 16.5. The van der Waals surface area contributed by atoms with Gasteiger partial charge in [0.1, 0.15) is 17.2 Å². The van der Waals surface area contributed by atoms with Crippen molar-refractivity contribution in [3.05, 3.63) is 54.1 Å². The first-order valence-corrected chi connectivity index (χ1v) is 16.5. The molecule has 0 aliphatic carbocycles. The van der Waals surface area contributed by atoms with Gasteiger partial charge in [0.15, 0.2) is 0 Å². The van der Waals surface area contributed by atoms with E-state index in [1.165, 1.54) is 89.9 Å². The monoisotopic (exact) mass is 582 g/mol. The summed E-state index contributed by atoms with van der Waals surface area (Å²) < 4.78 is 22.2. The van der Waals surface area contributed by atoms with E-state index in [0.717, 1.165) is 18.6 Å². The van der Waals surface area contributed by atoms with Crippen LogP contribution in [0.25, 0.3) is 0 Å². The van der Waals surface area contributed by atoms with E-state index in [1.807, 2.05) is 0 Å². The van der Waals surface area contributed by atoms with Gasteiger partial charge < -0.3 is 18.9 Å². The molecule has 2 rings (SSSR count). The minimum atomic E-state index is -0.457. The third kappa shape index (κ3) is 17.2. The number of carbonyl (C=O) groups excluding carboxylic acids is 2. The predicted octanol–water partition coefficient (Wildman–Crippen LogP) is 9.88. The van der Waals surface area contributed by atoms with Crippen molar-refractivity contribution < 1.29 is 28.5 Å². The summed E-state index contributed by atoms with van der Waals surface area (Å²) in [7, 11) is 0. The van der Waals surface area contributed by atoms with E-state index >= 15 is 0 Å². The molecule has 0 unspecified atom stereocenters. The smallest absolute Gasteiger partial charge is 0.343 e. The lowest BCUT2D eigenvalue weighted by molar-refractivity contribution is -0.135. The molecule has 0 N–H and O–H groups in total. The molecule has 2 aromatic carbocycles. The van der Waals surface area contributed by atoms with Gasteiger partial charge in [-0.2, -0.15) is 0 Å². The van der Waals surface area contributed by atoms with Crippen LogP contribution in [-0.4, -0.2) is 31.8 Å². The van der Waals surface area contributed by atoms with Crippen molar-refractivity contribution in [3.63, 3.8) is 0 Å². The van der Waals surface area contributed by atoms with E-state index < -0.39 is 5.97 Å². The fraction of sp³-hybridized carbons (Fsp3) is 0.611. The summed E-state index contributed by atoms with van der Waals surface area (Å²) in [4.78, 5) is 24.6. The van der Waals surface area contributed by atoms with Crippen molar-refractivity contribution in [1.29, 1.82) is 0 Å². The standard InChI is InChI=1S/C36H54O6/c1-3-5-7-9-11-12-13-14-15-17-28-39-30-27-35(37)41-33-23-25-34(26-24-33)42-36(38)31-19-21-32(22-20-31)40-29-18-16-10-8-6-4-2/h19-26H,3-18,27-30H2,1-2H3. The van der Waals surface area contributed by atoms with E-state index in [0.29, 0.717) is 36.9 Å². The van der Waals surface area contributed by atoms with E-state index in [-0.39, 0.29) is 12.4 Å². The van der Waals surface area contributed by atoms with E-state index in [9.17, 15) is 9.59 Å². The largest absolute Gasteiger partial charge is 0.494 e. The highest BCUT2D eigenvalue weighted by Gasteiger charge is 2.10. The number of carbonyl (C=O) groups is 2. The highest BCUT2D eigenvalue weighted by Crippen LogP contribution is 2.20. The molecule has 0 saturated heterocycles. The van der Waals surface area contributed by atoms with Gasteiger partial charge in [-0.05, 0) is 61.4 Å². The molecule has 234 valence electrons. The molecule has 0 aliphatic rings. The maximum atomic E-state index is 12.5. The first-order chi connectivity index (χ1) is 20.6. The summed E-state index contributed by atoms with van der Waals surface area (Å²) in [5.41, 5.74) is 0.440.